The number of benzene rings is 3. The molecule has 10 heteroatoms. The standard InChI is InChI=1S/C31H38FN3O5S/c1-6-29(31(37)33-22(3)4)34(20-24-10-8-9-23(5)19-24)30(36)21-35(26-13-11-25(32)12-14-26)41(38,39)28-17-15-27(16-18-28)40-7-2/h8-19,22,29H,6-7,20-21H2,1-5H3,(H,33,37). The molecule has 0 fully saturated rings. The highest BCUT2D eigenvalue weighted by Crippen LogP contribution is 2.26. The lowest BCUT2D eigenvalue weighted by molar-refractivity contribution is -0.140. The van der Waals surface area contributed by atoms with Gasteiger partial charge in [0.1, 0.15) is 24.2 Å². The molecule has 3 aromatic carbocycles. The lowest BCUT2D eigenvalue weighted by Crippen LogP contribution is -2.53. The summed E-state index contributed by atoms with van der Waals surface area (Å²) in [6.07, 6.45) is 0.318. The van der Waals surface area contributed by atoms with Crippen LogP contribution in [-0.4, -0.2) is 50.4 Å². The lowest BCUT2D eigenvalue weighted by Gasteiger charge is -2.33. The van der Waals surface area contributed by atoms with E-state index in [1.165, 1.54) is 41.3 Å². The van der Waals surface area contributed by atoms with Crippen LogP contribution in [0.2, 0.25) is 0 Å². The molecule has 0 heterocycles. The molecule has 0 aliphatic carbocycles. The molecule has 0 spiro atoms. The number of carbonyl (C=O) groups excluding carboxylic acids is 2. The van der Waals surface area contributed by atoms with Crippen molar-refractivity contribution in [1.29, 1.82) is 0 Å². The van der Waals surface area contributed by atoms with Crippen molar-refractivity contribution in [2.24, 2.45) is 0 Å². The van der Waals surface area contributed by atoms with Crippen molar-refractivity contribution >= 4 is 27.5 Å². The summed E-state index contributed by atoms with van der Waals surface area (Å²) in [6.45, 7) is 9.13. The quantitative estimate of drug-likeness (QED) is 0.304. The molecule has 1 unspecified atom stereocenters. The number of hydrogen-bond acceptors (Lipinski definition) is 5. The highest BCUT2D eigenvalue weighted by Gasteiger charge is 2.34. The molecule has 0 aromatic heterocycles. The Kier molecular flexibility index (Phi) is 10.9. The van der Waals surface area contributed by atoms with Crippen LogP contribution in [0, 0.1) is 12.7 Å². The molecule has 0 saturated carbocycles. The Bertz CT molecular complexity index is 1430. The molecule has 1 N–H and O–H groups in total. The maximum Gasteiger partial charge on any atom is 0.264 e. The second kappa shape index (κ2) is 14.1. The topological polar surface area (TPSA) is 96.0 Å². The van der Waals surface area contributed by atoms with Crippen molar-refractivity contribution in [2.45, 2.75) is 64.6 Å². The van der Waals surface area contributed by atoms with Gasteiger partial charge in [-0.15, -0.1) is 0 Å². The van der Waals surface area contributed by atoms with Crippen LogP contribution in [0.15, 0.2) is 77.7 Å². The highest BCUT2D eigenvalue weighted by molar-refractivity contribution is 7.92. The van der Waals surface area contributed by atoms with E-state index < -0.39 is 34.3 Å². The van der Waals surface area contributed by atoms with Crippen molar-refractivity contribution in [1.82, 2.24) is 10.2 Å². The van der Waals surface area contributed by atoms with Crippen LogP contribution in [0.4, 0.5) is 10.1 Å². The number of carbonyl (C=O) groups is 2. The average molecular weight is 584 g/mol. The zero-order chi connectivity index (χ0) is 30.2. The number of sulfonamides is 1. The molecule has 2 amide bonds. The van der Waals surface area contributed by atoms with Crippen molar-refractivity contribution in [3.63, 3.8) is 0 Å². The van der Waals surface area contributed by atoms with Crippen LogP contribution in [0.3, 0.4) is 0 Å². The number of nitrogens with zero attached hydrogens (tertiary/aromatic N) is 2. The van der Waals surface area contributed by atoms with Crippen molar-refractivity contribution in [2.75, 3.05) is 17.5 Å². The largest absolute Gasteiger partial charge is 0.494 e. The van der Waals surface area contributed by atoms with Crippen LogP contribution >= 0.6 is 0 Å². The van der Waals surface area contributed by atoms with E-state index in [0.29, 0.717) is 18.8 Å². The molecule has 41 heavy (non-hydrogen) atoms. The second-order valence-electron chi connectivity index (χ2n) is 9.99. The highest BCUT2D eigenvalue weighted by atomic mass is 32.2. The Labute approximate surface area is 242 Å². The van der Waals surface area contributed by atoms with Gasteiger partial charge in [-0.25, -0.2) is 12.8 Å². The van der Waals surface area contributed by atoms with E-state index in [1.807, 2.05) is 52.0 Å². The fourth-order valence-corrected chi connectivity index (χ4v) is 5.86. The van der Waals surface area contributed by atoms with Gasteiger partial charge in [-0.1, -0.05) is 36.8 Å². The third-order valence-electron chi connectivity index (χ3n) is 6.37. The molecule has 8 nitrogen and oxygen atoms in total. The predicted molar refractivity (Wildman–Crippen MR) is 158 cm³/mol. The van der Waals surface area contributed by atoms with Gasteiger partial charge in [0, 0.05) is 12.6 Å². The predicted octanol–water partition coefficient (Wildman–Crippen LogP) is 5.06. The Morgan fingerprint density at radius 3 is 2.20 bits per heavy atom. The number of nitrogens with one attached hydrogen (secondary N) is 1. The normalized spacial score (nSPS) is 12.1. The summed E-state index contributed by atoms with van der Waals surface area (Å²) in [4.78, 5) is 28.6. The first-order valence-corrected chi connectivity index (χ1v) is 15.1. The zero-order valence-electron chi connectivity index (χ0n) is 24.1. The van der Waals surface area contributed by atoms with Gasteiger partial charge in [-0.2, -0.15) is 0 Å². The van der Waals surface area contributed by atoms with Crippen LogP contribution in [0.1, 0.15) is 45.2 Å². The van der Waals surface area contributed by atoms with E-state index in [2.05, 4.69) is 5.32 Å². The minimum Gasteiger partial charge on any atom is -0.494 e. The summed E-state index contributed by atoms with van der Waals surface area (Å²) in [7, 11) is -4.27. The summed E-state index contributed by atoms with van der Waals surface area (Å²) in [5.41, 5.74) is 1.90. The van der Waals surface area contributed by atoms with Crippen molar-refractivity contribution < 1.29 is 27.1 Å². The molecule has 0 bridgehead atoms. The van der Waals surface area contributed by atoms with Crippen LogP contribution in [0.25, 0.3) is 0 Å². The fraction of sp³-hybridized carbons (Fsp3) is 0.355. The fourth-order valence-electron chi connectivity index (χ4n) is 4.45. The number of amides is 2. The maximum atomic E-state index is 14.0. The first-order valence-electron chi connectivity index (χ1n) is 13.6. The Morgan fingerprint density at radius 1 is 0.976 bits per heavy atom. The van der Waals surface area contributed by atoms with Gasteiger partial charge in [-0.05, 0) is 88.2 Å². The van der Waals surface area contributed by atoms with Gasteiger partial charge in [0.2, 0.25) is 11.8 Å². The van der Waals surface area contributed by atoms with Gasteiger partial charge in [0.05, 0.1) is 17.2 Å². The summed E-state index contributed by atoms with van der Waals surface area (Å²) in [6, 6.07) is 17.3. The molecule has 3 aromatic rings. The first-order chi connectivity index (χ1) is 19.5. The minimum atomic E-state index is -4.27. The summed E-state index contributed by atoms with van der Waals surface area (Å²) in [5, 5.41) is 2.87. The lowest BCUT2D eigenvalue weighted by atomic mass is 10.1. The number of hydrogen-bond donors (Lipinski definition) is 1. The number of halogens is 1. The molecule has 0 aliphatic heterocycles. The average Bonchev–Trinajstić information content (AvgIpc) is 2.92. The Morgan fingerprint density at radius 2 is 1.63 bits per heavy atom. The van der Waals surface area contributed by atoms with Crippen LogP contribution < -0.4 is 14.4 Å². The van der Waals surface area contributed by atoms with Gasteiger partial charge in [0.25, 0.3) is 10.0 Å². The van der Waals surface area contributed by atoms with E-state index in [9.17, 15) is 22.4 Å². The number of aryl methyl sites for hydroxylation is 1. The van der Waals surface area contributed by atoms with E-state index in [0.717, 1.165) is 27.6 Å². The molecular formula is C31H38FN3O5S. The SMILES string of the molecule is CCOc1ccc(S(=O)(=O)N(CC(=O)N(Cc2cccc(C)c2)C(CC)C(=O)NC(C)C)c2ccc(F)cc2)cc1. The number of anilines is 1. The van der Waals surface area contributed by atoms with Gasteiger partial charge in [0.15, 0.2) is 0 Å². The molecule has 1 atom stereocenters. The van der Waals surface area contributed by atoms with E-state index >= 15 is 0 Å². The second-order valence-corrected chi connectivity index (χ2v) is 11.9. The molecule has 3 rings (SSSR count). The molecule has 0 aliphatic rings. The number of ether oxygens (including phenoxy) is 1. The monoisotopic (exact) mass is 583 g/mol. The smallest absolute Gasteiger partial charge is 0.264 e. The minimum absolute atomic E-state index is 0.0621. The van der Waals surface area contributed by atoms with Crippen LogP contribution in [0.5, 0.6) is 5.75 Å². The molecule has 220 valence electrons. The first kappa shape index (κ1) is 31.6. The zero-order valence-corrected chi connectivity index (χ0v) is 24.9. The third-order valence-corrected chi connectivity index (χ3v) is 8.16. The summed E-state index contributed by atoms with van der Waals surface area (Å²) < 4.78 is 48.0. The Hall–Kier alpha value is -3.92. The van der Waals surface area contributed by atoms with Crippen molar-refractivity contribution in [3.05, 3.63) is 89.7 Å². The van der Waals surface area contributed by atoms with Crippen molar-refractivity contribution in [3.8, 4) is 5.75 Å². The van der Waals surface area contributed by atoms with Gasteiger partial charge >= 0.3 is 0 Å². The van der Waals surface area contributed by atoms with E-state index in [-0.39, 0.29) is 29.1 Å². The van der Waals surface area contributed by atoms with E-state index in [4.69, 9.17) is 4.74 Å². The summed E-state index contributed by atoms with van der Waals surface area (Å²) in [5.74, 6) is -0.944. The summed E-state index contributed by atoms with van der Waals surface area (Å²) >= 11 is 0. The van der Waals surface area contributed by atoms with E-state index in [1.54, 1.807) is 6.92 Å². The van der Waals surface area contributed by atoms with Gasteiger partial charge in [-0.3, -0.25) is 13.9 Å². The Balaban J connectivity index is 2.05. The molecule has 0 radical (unpaired) electrons. The molecule has 0 saturated heterocycles. The molecular weight excluding hydrogens is 545 g/mol. The number of rotatable bonds is 13. The maximum absolute atomic E-state index is 14.0. The third kappa shape index (κ3) is 8.29. The van der Waals surface area contributed by atoms with Crippen LogP contribution in [-0.2, 0) is 26.2 Å². The van der Waals surface area contributed by atoms with Gasteiger partial charge < -0.3 is 15.0 Å².